The zero-order chi connectivity index (χ0) is 63.9. The third-order valence-electron chi connectivity index (χ3n) is 15.8. The van der Waals surface area contributed by atoms with Crippen LogP contribution in [0.3, 0.4) is 0 Å². The maximum absolute atomic E-state index is 14.2. The van der Waals surface area contributed by atoms with Gasteiger partial charge in [0, 0.05) is 63.7 Å². The van der Waals surface area contributed by atoms with E-state index in [1.807, 2.05) is 0 Å². The summed E-state index contributed by atoms with van der Waals surface area (Å²) >= 11 is 0. The van der Waals surface area contributed by atoms with E-state index >= 15 is 0 Å². The lowest BCUT2D eigenvalue weighted by Gasteiger charge is -2.26. The van der Waals surface area contributed by atoms with E-state index in [-0.39, 0.29) is 133 Å². The topological polar surface area (TPSA) is 465 Å². The number of phenols is 2. The van der Waals surface area contributed by atoms with E-state index in [9.17, 15) is 77.3 Å². The Labute approximate surface area is 538 Å². The van der Waals surface area contributed by atoms with Gasteiger partial charge in [0.25, 0.3) is 0 Å². The number of nitrogens with two attached hydrogens (primary N) is 2. The first-order valence-corrected chi connectivity index (χ1v) is 29.2. The van der Waals surface area contributed by atoms with Crippen LogP contribution in [0.4, 0.5) is 11.4 Å². The molecule has 4 fully saturated rings. The Hall–Kier alpha value is -8.50. The van der Waals surface area contributed by atoms with Crippen molar-refractivity contribution in [2.75, 3.05) is 102 Å². The summed E-state index contributed by atoms with van der Waals surface area (Å²) < 4.78 is 0. The molecule has 1 aliphatic carbocycles. The zero-order valence-corrected chi connectivity index (χ0v) is 53.1. The molecule has 4 aliphatic heterocycles. The van der Waals surface area contributed by atoms with Crippen molar-refractivity contribution in [3.8, 4) is 11.5 Å². The first kappa shape index (κ1) is 72.2. The van der Waals surface area contributed by atoms with Crippen LogP contribution in [-0.4, -0.2) is 240 Å². The van der Waals surface area contributed by atoms with Crippen molar-refractivity contribution >= 4 is 128 Å². The van der Waals surface area contributed by atoms with Crippen molar-refractivity contribution < 1.29 is 77.3 Å². The molecular formula is C56H78Br2N16O16. The summed E-state index contributed by atoms with van der Waals surface area (Å²) in [5.74, 6) is -9.46. The second-order valence-electron chi connectivity index (χ2n) is 21.7. The van der Waals surface area contributed by atoms with Crippen molar-refractivity contribution in [2.45, 2.75) is 101 Å². The van der Waals surface area contributed by atoms with Crippen molar-refractivity contribution in [3.05, 3.63) is 46.5 Å². The number of halogens is 2. The van der Waals surface area contributed by atoms with Crippen LogP contribution >= 0.6 is 34.0 Å². The summed E-state index contributed by atoms with van der Waals surface area (Å²) in [5, 5.41) is 47.9. The first-order valence-electron chi connectivity index (χ1n) is 29.2. The predicted molar refractivity (Wildman–Crippen MR) is 331 cm³/mol. The number of anilines is 2. The molecule has 5 aliphatic rings. The van der Waals surface area contributed by atoms with E-state index in [1.54, 1.807) is 0 Å². The number of carbonyl (C=O) groups excluding carboxylic acids is 14. The molecule has 12 amide bonds. The highest BCUT2D eigenvalue weighted by Gasteiger charge is 2.41. The first-order chi connectivity index (χ1) is 42.1. The number of ketones is 2. The molecule has 0 saturated carbocycles. The maximum Gasteiger partial charge on any atom is 0.243 e. The fourth-order valence-corrected chi connectivity index (χ4v) is 11.3. The summed E-state index contributed by atoms with van der Waals surface area (Å²) in [5.41, 5.74) is 9.89. The van der Waals surface area contributed by atoms with Gasteiger partial charge < -0.3 is 94.4 Å². The lowest BCUT2D eigenvalue weighted by Crippen LogP contribution is -2.54. The minimum atomic E-state index is -1.09. The SMILES string of the molecule is Br.Br.C[C@H](NC(=O)[C@@H]1CCCN1C(=O)CNC(=O)CNC(=O)[C@@H]1CCCN1C(=O)CN)C(=O)NCCNc1ccc(NCCNC(=O)[C@H](C)NC(=O)[C@@H]2CCCN2C(=O)CNC(=O)CNC(=O)[C@@H]2CCCN2C(=O)CN)c2c1C(=O)c1c(O)ccc(O)c1C2=O. The molecule has 0 unspecified atom stereocenters. The number of hydrogen-bond acceptors (Lipinski definition) is 20. The molecule has 492 valence electrons. The molecule has 16 N–H and O–H groups in total. The molecule has 2 aromatic carbocycles. The Morgan fingerprint density at radius 2 is 0.767 bits per heavy atom. The van der Waals surface area contributed by atoms with E-state index < -0.39 is 156 Å². The van der Waals surface area contributed by atoms with Crippen LogP contribution < -0.4 is 64.6 Å². The van der Waals surface area contributed by atoms with Crippen LogP contribution in [0.15, 0.2) is 24.3 Å². The van der Waals surface area contributed by atoms with Gasteiger partial charge in [0.15, 0.2) is 0 Å². The number of likely N-dealkylation sites (tertiary alicyclic amines) is 4. The fourth-order valence-electron chi connectivity index (χ4n) is 11.3. The Balaban J connectivity index is 0.00000736. The molecule has 4 saturated heterocycles. The van der Waals surface area contributed by atoms with E-state index in [2.05, 4.69) is 53.2 Å². The summed E-state index contributed by atoms with van der Waals surface area (Å²) in [6.07, 6.45) is 3.56. The van der Waals surface area contributed by atoms with Crippen molar-refractivity contribution in [2.24, 2.45) is 11.5 Å². The molecule has 34 heteroatoms. The Morgan fingerprint density at radius 1 is 0.444 bits per heavy atom. The predicted octanol–water partition coefficient (Wildman–Crippen LogP) is -4.56. The number of benzene rings is 2. The third kappa shape index (κ3) is 17.5. The normalized spacial score (nSPS) is 18.7. The van der Waals surface area contributed by atoms with Crippen molar-refractivity contribution in [1.29, 1.82) is 0 Å². The monoisotopic (exact) mass is 1390 g/mol. The van der Waals surface area contributed by atoms with Gasteiger partial charge in [0.05, 0.1) is 61.5 Å². The fraction of sp³-hybridized carbons (Fsp3) is 0.536. The van der Waals surface area contributed by atoms with Crippen LogP contribution in [0, 0.1) is 0 Å². The quantitative estimate of drug-likeness (QED) is 0.0266. The van der Waals surface area contributed by atoms with Crippen LogP contribution in [0.5, 0.6) is 11.5 Å². The van der Waals surface area contributed by atoms with Crippen molar-refractivity contribution in [3.63, 3.8) is 0 Å². The van der Waals surface area contributed by atoms with Crippen LogP contribution in [0.1, 0.15) is 97.1 Å². The Morgan fingerprint density at radius 3 is 1.10 bits per heavy atom. The van der Waals surface area contributed by atoms with Gasteiger partial charge in [0.2, 0.25) is 82.5 Å². The molecular weight excluding hydrogens is 1310 g/mol. The lowest BCUT2D eigenvalue weighted by atomic mass is 9.81. The minimum absolute atomic E-state index is 0. The highest BCUT2D eigenvalue weighted by molar-refractivity contribution is 8.93. The Bertz CT molecular complexity index is 2920. The van der Waals surface area contributed by atoms with E-state index in [4.69, 9.17) is 11.5 Å². The van der Waals surface area contributed by atoms with E-state index in [1.165, 1.54) is 45.6 Å². The summed E-state index contributed by atoms with van der Waals surface area (Å²) in [7, 11) is 0. The Kier molecular flexibility index (Phi) is 26.8. The molecule has 4 heterocycles. The van der Waals surface area contributed by atoms with E-state index in [0.717, 1.165) is 12.1 Å². The van der Waals surface area contributed by atoms with Crippen LogP contribution in [0.2, 0.25) is 0 Å². The number of amides is 12. The van der Waals surface area contributed by atoms with Gasteiger partial charge >= 0.3 is 0 Å². The highest BCUT2D eigenvalue weighted by atomic mass is 79.9. The molecule has 32 nitrogen and oxygen atoms in total. The second-order valence-corrected chi connectivity index (χ2v) is 21.7. The highest BCUT2D eigenvalue weighted by Crippen LogP contribution is 2.42. The smallest absolute Gasteiger partial charge is 0.243 e. The molecule has 6 atom stereocenters. The van der Waals surface area contributed by atoms with Gasteiger partial charge in [-0.15, -0.1) is 34.0 Å². The second kappa shape index (κ2) is 33.4. The molecule has 0 bridgehead atoms. The number of rotatable bonds is 26. The average molecular weight is 1390 g/mol. The van der Waals surface area contributed by atoms with Gasteiger partial charge in [-0.25, -0.2) is 0 Å². The number of carbonyl (C=O) groups is 14. The third-order valence-corrected chi connectivity index (χ3v) is 15.8. The van der Waals surface area contributed by atoms with Gasteiger partial charge in [0.1, 0.15) is 47.8 Å². The zero-order valence-electron chi connectivity index (χ0n) is 49.7. The molecule has 7 rings (SSSR count). The van der Waals surface area contributed by atoms with E-state index in [0.29, 0.717) is 51.6 Å². The molecule has 90 heavy (non-hydrogen) atoms. The van der Waals surface area contributed by atoms with Crippen molar-refractivity contribution in [1.82, 2.24) is 62.1 Å². The molecule has 0 radical (unpaired) electrons. The summed E-state index contributed by atoms with van der Waals surface area (Å²) in [6, 6.07) is -0.483. The standard InChI is InChI=1S/C56H76N16O16.2BrH/c1-29(67-55(87)35-9-5-21-71(35)43(79)27-63-39(75)25-65-53(85)33-7-3-19-69(33)41(77)23-57)51(83)61-17-15-59-31-11-12-32(46-45(31)49(81)47-37(73)13-14-38(74)48(47)50(46)82)60-16-18-62-52(84)30(2)68-56(88)36-10-6-22-72(36)44(80)28-64-40(76)26-66-54(86)34-8-4-20-70(34)42(78)24-58;;/h11-14,29-30,33-36,59-60,73-74H,3-10,15-28,57-58H2,1-2H3,(H,61,83)(H,62,84)(H,63,75)(H,64,76)(H,65,85)(H,66,86)(H,67,87)(H,68,88);2*1H/t29-,30-,33-,34-,35-,36-;;/m0../s1. The van der Waals surface area contributed by atoms with Gasteiger partial charge in [-0.1, -0.05) is 0 Å². The number of phenolic OH excluding ortho intramolecular Hbond substituents is 2. The van der Waals surface area contributed by atoms with Crippen LogP contribution in [-0.2, 0) is 57.5 Å². The molecule has 2 aromatic rings. The molecule has 0 spiro atoms. The largest absolute Gasteiger partial charge is 0.507 e. The van der Waals surface area contributed by atoms with Crippen LogP contribution in [0.25, 0.3) is 0 Å². The lowest BCUT2D eigenvalue weighted by molar-refractivity contribution is -0.139. The average Bonchev–Trinajstić information content (AvgIpc) is 0.969. The van der Waals surface area contributed by atoms with Gasteiger partial charge in [-0.3, -0.25) is 67.1 Å². The number of nitrogens with one attached hydrogen (secondary N) is 10. The summed E-state index contributed by atoms with van der Waals surface area (Å²) in [4.78, 5) is 188. The molecule has 0 aromatic heterocycles. The minimum Gasteiger partial charge on any atom is -0.507 e. The number of fused-ring (bicyclic) bond motifs is 2. The maximum atomic E-state index is 14.2. The number of aromatic hydroxyl groups is 2. The summed E-state index contributed by atoms with van der Waals surface area (Å²) in [6.45, 7) is 1.48. The number of nitrogens with zero attached hydrogens (tertiary/aromatic N) is 4. The van der Waals surface area contributed by atoms with Gasteiger partial charge in [-0.05, 0) is 89.5 Å². The number of hydrogen-bond donors (Lipinski definition) is 14. The van der Waals surface area contributed by atoms with Gasteiger partial charge in [-0.2, -0.15) is 0 Å².